The number of halogens is 3. The largest absolute Gasteiger partial charge is 0.289 e. The monoisotopic (exact) mass is 302 g/mol. The number of ketones is 1. The first-order valence-electron chi connectivity index (χ1n) is 5.16. The van der Waals surface area contributed by atoms with Crippen molar-refractivity contribution in [3.8, 4) is 0 Å². The van der Waals surface area contributed by atoms with Crippen molar-refractivity contribution in [2.75, 3.05) is 0 Å². The van der Waals surface area contributed by atoms with Gasteiger partial charge in [-0.15, -0.1) is 11.3 Å². The Balaban J connectivity index is 2.50. The van der Waals surface area contributed by atoms with Gasteiger partial charge in [-0.3, -0.25) is 4.79 Å². The van der Waals surface area contributed by atoms with E-state index in [-0.39, 0.29) is 11.6 Å². The summed E-state index contributed by atoms with van der Waals surface area (Å²) in [6.07, 6.45) is 0. The summed E-state index contributed by atoms with van der Waals surface area (Å²) < 4.78 is 14.3. The van der Waals surface area contributed by atoms with Gasteiger partial charge in [-0.25, -0.2) is 4.39 Å². The minimum Gasteiger partial charge on any atom is -0.289 e. The predicted molar refractivity (Wildman–Crippen MR) is 73.6 cm³/mol. The fraction of sp³-hybridized carbons (Fsp3) is 0.154. The van der Waals surface area contributed by atoms with Gasteiger partial charge in [0.05, 0.1) is 9.90 Å². The van der Waals surface area contributed by atoms with Gasteiger partial charge >= 0.3 is 0 Å². The number of hydrogen-bond acceptors (Lipinski definition) is 2. The molecule has 5 heteroatoms. The summed E-state index contributed by atoms with van der Waals surface area (Å²) >= 11 is 12.9. The van der Waals surface area contributed by atoms with Gasteiger partial charge in [-0.1, -0.05) is 23.2 Å². The molecule has 0 aliphatic carbocycles. The van der Waals surface area contributed by atoms with Crippen LogP contribution in [0.1, 0.15) is 27.0 Å². The zero-order valence-electron chi connectivity index (χ0n) is 9.68. The van der Waals surface area contributed by atoms with Crippen LogP contribution in [0.5, 0.6) is 0 Å². The molecule has 1 heterocycles. The summed E-state index contributed by atoms with van der Waals surface area (Å²) in [4.78, 5) is 12.2. The zero-order valence-corrected chi connectivity index (χ0v) is 12.0. The summed E-state index contributed by atoms with van der Waals surface area (Å²) in [5.41, 5.74) is 1.66. The normalized spacial score (nSPS) is 10.7. The van der Waals surface area contributed by atoms with Crippen molar-refractivity contribution in [1.29, 1.82) is 0 Å². The molecule has 0 saturated carbocycles. The Bertz CT molecular complexity index is 611. The predicted octanol–water partition coefficient (Wildman–Crippen LogP) is 5.04. The second kappa shape index (κ2) is 5.00. The Hall–Kier alpha value is -0.900. The summed E-state index contributed by atoms with van der Waals surface area (Å²) in [6.45, 7) is 3.25. The highest BCUT2D eigenvalue weighted by atomic mass is 35.5. The molecule has 1 aromatic heterocycles. The molecule has 0 amide bonds. The molecule has 0 N–H and O–H groups in total. The van der Waals surface area contributed by atoms with Crippen LogP contribution in [0.2, 0.25) is 8.67 Å². The van der Waals surface area contributed by atoms with E-state index >= 15 is 0 Å². The molecule has 0 fully saturated rings. The van der Waals surface area contributed by atoms with E-state index in [2.05, 4.69) is 0 Å². The van der Waals surface area contributed by atoms with Gasteiger partial charge in [0.2, 0.25) is 0 Å². The smallest absolute Gasteiger partial charge is 0.195 e. The average Bonchev–Trinajstić information content (AvgIpc) is 2.63. The first kappa shape index (κ1) is 13.5. The van der Waals surface area contributed by atoms with Crippen molar-refractivity contribution in [2.24, 2.45) is 0 Å². The van der Waals surface area contributed by atoms with E-state index in [0.29, 0.717) is 30.9 Å². The van der Waals surface area contributed by atoms with Gasteiger partial charge in [0, 0.05) is 5.56 Å². The Morgan fingerprint density at radius 1 is 1.17 bits per heavy atom. The molecule has 0 saturated heterocycles. The van der Waals surface area contributed by atoms with Gasteiger partial charge in [0.1, 0.15) is 10.2 Å². The van der Waals surface area contributed by atoms with Gasteiger partial charge in [-0.2, -0.15) is 0 Å². The van der Waals surface area contributed by atoms with Crippen LogP contribution in [0.4, 0.5) is 4.39 Å². The molecule has 18 heavy (non-hydrogen) atoms. The lowest BCUT2D eigenvalue weighted by Gasteiger charge is -2.05. The maximum atomic E-state index is 13.5. The molecule has 0 aliphatic rings. The number of carbonyl (C=O) groups excluding carboxylic acids is 1. The van der Waals surface area contributed by atoms with Crippen molar-refractivity contribution >= 4 is 40.3 Å². The van der Waals surface area contributed by atoms with Crippen LogP contribution in [-0.2, 0) is 0 Å². The fourth-order valence-electron chi connectivity index (χ4n) is 1.73. The SMILES string of the molecule is Cc1cc(C(=O)c2cc(Cl)sc2Cl)cc(C)c1F. The van der Waals surface area contributed by atoms with Crippen molar-refractivity contribution in [2.45, 2.75) is 13.8 Å². The van der Waals surface area contributed by atoms with Crippen LogP contribution in [0.25, 0.3) is 0 Å². The average molecular weight is 303 g/mol. The summed E-state index contributed by atoms with van der Waals surface area (Å²) in [7, 11) is 0. The lowest BCUT2D eigenvalue weighted by atomic mass is 10.0. The van der Waals surface area contributed by atoms with Crippen LogP contribution < -0.4 is 0 Å². The van der Waals surface area contributed by atoms with Gasteiger partial charge in [-0.05, 0) is 43.2 Å². The number of aryl methyl sites for hydroxylation is 2. The van der Waals surface area contributed by atoms with E-state index in [1.54, 1.807) is 13.8 Å². The molecule has 1 aromatic carbocycles. The van der Waals surface area contributed by atoms with Gasteiger partial charge in [0.15, 0.2) is 5.78 Å². The minimum atomic E-state index is -0.291. The number of thiophene rings is 1. The Labute approximate surface area is 118 Å². The topological polar surface area (TPSA) is 17.1 Å². The zero-order chi connectivity index (χ0) is 13.4. The second-order valence-electron chi connectivity index (χ2n) is 3.99. The van der Waals surface area contributed by atoms with Crippen LogP contribution >= 0.6 is 34.5 Å². The first-order chi connectivity index (χ1) is 8.40. The molecule has 0 radical (unpaired) electrons. The summed E-state index contributed by atoms with van der Waals surface area (Å²) in [5.74, 6) is -0.532. The lowest BCUT2D eigenvalue weighted by Crippen LogP contribution is -2.03. The fourth-order valence-corrected chi connectivity index (χ4v) is 3.19. The number of rotatable bonds is 2. The third-order valence-corrected chi connectivity index (χ3v) is 4.09. The quantitative estimate of drug-likeness (QED) is 0.710. The van der Waals surface area contributed by atoms with E-state index in [1.807, 2.05) is 0 Å². The minimum absolute atomic E-state index is 0.241. The molecule has 0 aliphatic heterocycles. The molecule has 2 aromatic rings. The highest BCUT2D eigenvalue weighted by Gasteiger charge is 2.17. The van der Waals surface area contributed by atoms with E-state index in [9.17, 15) is 9.18 Å². The first-order valence-corrected chi connectivity index (χ1v) is 6.73. The maximum Gasteiger partial charge on any atom is 0.195 e. The van der Waals surface area contributed by atoms with Crippen LogP contribution in [0.3, 0.4) is 0 Å². The van der Waals surface area contributed by atoms with Crippen molar-refractivity contribution < 1.29 is 9.18 Å². The highest BCUT2D eigenvalue weighted by molar-refractivity contribution is 7.20. The molecular formula is C13H9Cl2FOS. The highest BCUT2D eigenvalue weighted by Crippen LogP contribution is 2.33. The van der Waals surface area contributed by atoms with Gasteiger partial charge in [0.25, 0.3) is 0 Å². The van der Waals surface area contributed by atoms with Gasteiger partial charge < -0.3 is 0 Å². The summed E-state index contributed by atoms with van der Waals surface area (Å²) in [5, 5.41) is 0. The third-order valence-electron chi connectivity index (χ3n) is 2.60. The summed E-state index contributed by atoms with van der Waals surface area (Å²) in [6, 6.07) is 4.57. The van der Waals surface area contributed by atoms with Crippen molar-refractivity contribution in [1.82, 2.24) is 0 Å². The van der Waals surface area contributed by atoms with E-state index in [0.717, 1.165) is 11.3 Å². The standard InChI is InChI=1S/C13H9Cl2FOS/c1-6-3-8(4-7(2)11(6)16)12(17)9-5-10(14)18-13(9)15/h3-5H,1-2H3. The van der Waals surface area contributed by atoms with Crippen molar-refractivity contribution in [3.63, 3.8) is 0 Å². The molecule has 2 rings (SSSR count). The molecule has 0 atom stereocenters. The Morgan fingerprint density at radius 2 is 1.72 bits per heavy atom. The Morgan fingerprint density at radius 3 is 2.17 bits per heavy atom. The van der Waals surface area contributed by atoms with E-state index in [4.69, 9.17) is 23.2 Å². The second-order valence-corrected chi connectivity index (χ2v) is 6.28. The van der Waals surface area contributed by atoms with Crippen LogP contribution in [-0.4, -0.2) is 5.78 Å². The molecular weight excluding hydrogens is 294 g/mol. The molecule has 94 valence electrons. The van der Waals surface area contributed by atoms with E-state index < -0.39 is 0 Å². The molecule has 1 nitrogen and oxygen atoms in total. The van der Waals surface area contributed by atoms with Crippen molar-refractivity contribution in [3.05, 3.63) is 54.9 Å². The van der Waals surface area contributed by atoms with E-state index in [1.165, 1.54) is 18.2 Å². The third kappa shape index (κ3) is 2.44. The number of benzene rings is 1. The Kier molecular flexibility index (Phi) is 3.76. The van der Waals surface area contributed by atoms with Crippen LogP contribution in [0, 0.1) is 19.7 Å². The molecule has 0 bridgehead atoms. The maximum absolute atomic E-state index is 13.5. The van der Waals surface area contributed by atoms with Crippen LogP contribution in [0.15, 0.2) is 18.2 Å². The number of carbonyl (C=O) groups is 1. The molecule has 0 unspecified atom stereocenters. The number of hydrogen-bond donors (Lipinski definition) is 0. The lowest BCUT2D eigenvalue weighted by molar-refractivity contribution is 0.103. The molecule has 0 spiro atoms.